The molecule has 4 heterocycles. The average Bonchev–Trinajstić information content (AvgIpc) is 3.50. The van der Waals surface area contributed by atoms with Crippen LogP contribution >= 0.6 is 34.3 Å². The van der Waals surface area contributed by atoms with Gasteiger partial charge in [0.1, 0.15) is 20.9 Å². The number of aromatic nitrogens is 2. The first-order chi connectivity index (χ1) is 16.4. The van der Waals surface area contributed by atoms with Gasteiger partial charge in [0.05, 0.1) is 11.4 Å². The number of hydrogen-bond acceptors (Lipinski definition) is 8. The Hall–Kier alpha value is -3.27. The van der Waals surface area contributed by atoms with Crippen LogP contribution in [0.15, 0.2) is 44.3 Å². The number of furan rings is 1. The molecule has 1 aromatic carbocycles. The topological polar surface area (TPSA) is 105 Å². The summed E-state index contributed by atoms with van der Waals surface area (Å²) < 4.78 is 7.76. The molecule has 0 radical (unpaired) electrons. The van der Waals surface area contributed by atoms with E-state index in [0.717, 1.165) is 42.6 Å². The molecule has 0 amide bonds. The summed E-state index contributed by atoms with van der Waals surface area (Å²) >= 11 is 8.56. The zero-order valence-electron chi connectivity index (χ0n) is 17.4. The molecule has 5 aromatic rings. The van der Waals surface area contributed by atoms with Crippen molar-refractivity contribution < 1.29 is 14.3 Å². The van der Waals surface area contributed by atoms with Crippen LogP contribution in [-0.4, -0.2) is 15.4 Å². The molecule has 10 heteroatoms. The zero-order valence-corrected chi connectivity index (χ0v) is 19.8. The van der Waals surface area contributed by atoms with E-state index in [1.807, 2.05) is 0 Å². The average molecular weight is 510 g/mol. The van der Waals surface area contributed by atoms with E-state index in [1.54, 1.807) is 24.3 Å². The Morgan fingerprint density at radius 1 is 1.15 bits per heavy atom. The van der Waals surface area contributed by atoms with Crippen LogP contribution in [-0.2, 0) is 12.8 Å². The van der Waals surface area contributed by atoms with Crippen molar-refractivity contribution in [1.29, 1.82) is 0 Å². The number of thiazole rings is 1. The second-order valence-electron chi connectivity index (χ2n) is 8.03. The minimum absolute atomic E-state index is 0.0761. The van der Waals surface area contributed by atoms with Gasteiger partial charge in [-0.15, -0.1) is 11.3 Å². The summed E-state index contributed by atoms with van der Waals surface area (Å²) in [4.78, 5) is 43.7. The van der Waals surface area contributed by atoms with Gasteiger partial charge in [0.15, 0.2) is 0 Å². The summed E-state index contributed by atoms with van der Waals surface area (Å²) in [7, 11) is 0. The van der Waals surface area contributed by atoms with Gasteiger partial charge in [-0.1, -0.05) is 22.9 Å². The van der Waals surface area contributed by atoms with Gasteiger partial charge in [-0.05, 0) is 61.6 Å². The molecule has 0 N–H and O–H groups in total. The van der Waals surface area contributed by atoms with Gasteiger partial charge in [-0.2, -0.15) is 4.98 Å². The SMILES string of the molecule is O=C([O-])c1cc(-c2ccc(C=c3sc4nc(=O)c5c6c(sc5n4c3=O)CCCC6)o2)ccc1Cl. The Kier molecular flexibility index (Phi) is 4.94. The minimum Gasteiger partial charge on any atom is -0.545 e. The number of benzene rings is 1. The first-order valence-corrected chi connectivity index (χ1v) is 12.5. The molecular weight excluding hydrogens is 496 g/mol. The first kappa shape index (κ1) is 21.3. The lowest BCUT2D eigenvalue weighted by Gasteiger charge is -2.09. The van der Waals surface area contributed by atoms with Crippen molar-refractivity contribution in [3.8, 4) is 11.3 Å². The van der Waals surface area contributed by atoms with Crippen molar-refractivity contribution in [2.24, 2.45) is 0 Å². The fourth-order valence-electron chi connectivity index (χ4n) is 4.35. The molecule has 0 aliphatic heterocycles. The van der Waals surface area contributed by atoms with Crippen LogP contribution < -0.4 is 20.8 Å². The summed E-state index contributed by atoms with van der Waals surface area (Å²) in [6.07, 6.45) is 5.49. The standard InChI is InChI=1S/C24H15ClN2O5S2/c25-15-7-5-11(9-14(15)23(30)31)16-8-6-12(32-16)10-18-21(29)27-22-19(20(28)26-24(27)34-18)13-3-1-2-4-17(13)33-22/h5-10H,1-4H2,(H,30,31)/p-1. The number of carboxylic acid groups (broad SMARTS) is 1. The number of aryl methyl sites for hydroxylation is 2. The Morgan fingerprint density at radius 3 is 2.79 bits per heavy atom. The third kappa shape index (κ3) is 3.31. The van der Waals surface area contributed by atoms with Crippen LogP contribution in [0, 0.1) is 0 Å². The quantitative estimate of drug-likeness (QED) is 0.370. The Morgan fingerprint density at radius 2 is 1.97 bits per heavy atom. The summed E-state index contributed by atoms with van der Waals surface area (Å²) in [5.41, 5.74) is 0.892. The molecule has 4 aromatic heterocycles. The van der Waals surface area contributed by atoms with Crippen molar-refractivity contribution in [2.45, 2.75) is 25.7 Å². The number of hydrogen-bond donors (Lipinski definition) is 0. The summed E-state index contributed by atoms with van der Waals surface area (Å²) in [6.45, 7) is 0. The number of thiophene rings is 1. The maximum atomic E-state index is 13.3. The molecule has 0 spiro atoms. The lowest BCUT2D eigenvalue weighted by Crippen LogP contribution is -2.24. The van der Waals surface area contributed by atoms with Gasteiger partial charge in [-0.25, -0.2) is 4.40 Å². The van der Waals surface area contributed by atoms with Crippen molar-refractivity contribution in [3.63, 3.8) is 0 Å². The predicted octanol–water partition coefficient (Wildman–Crippen LogP) is 3.03. The molecule has 0 unspecified atom stereocenters. The van der Waals surface area contributed by atoms with Crippen LogP contribution in [0.5, 0.6) is 0 Å². The van der Waals surface area contributed by atoms with Crippen molar-refractivity contribution >= 4 is 61.5 Å². The molecule has 1 aliphatic rings. The van der Waals surface area contributed by atoms with Gasteiger partial charge in [0, 0.05) is 27.1 Å². The van der Waals surface area contributed by atoms with Crippen LogP contribution in [0.4, 0.5) is 0 Å². The smallest absolute Gasteiger partial charge is 0.282 e. The van der Waals surface area contributed by atoms with Crippen LogP contribution in [0.2, 0.25) is 5.02 Å². The van der Waals surface area contributed by atoms with Gasteiger partial charge >= 0.3 is 0 Å². The number of carbonyl (C=O) groups is 1. The van der Waals surface area contributed by atoms with E-state index in [2.05, 4.69) is 4.98 Å². The summed E-state index contributed by atoms with van der Waals surface area (Å²) in [5.74, 6) is -0.552. The largest absolute Gasteiger partial charge is 0.545 e. The lowest BCUT2D eigenvalue weighted by atomic mass is 9.97. The number of halogens is 1. The monoisotopic (exact) mass is 509 g/mol. The normalized spacial score (nSPS) is 14.2. The maximum Gasteiger partial charge on any atom is 0.282 e. The highest BCUT2D eigenvalue weighted by Crippen LogP contribution is 2.34. The molecule has 0 fully saturated rings. The molecule has 34 heavy (non-hydrogen) atoms. The third-order valence-electron chi connectivity index (χ3n) is 5.94. The van der Waals surface area contributed by atoms with E-state index in [-0.39, 0.29) is 21.7 Å². The van der Waals surface area contributed by atoms with E-state index in [9.17, 15) is 19.5 Å². The summed E-state index contributed by atoms with van der Waals surface area (Å²) in [6, 6.07) is 7.84. The predicted molar refractivity (Wildman–Crippen MR) is 130 cm³/mol. The van der Waals surface area contributed by atoms with Crippen LogP contribution in [0.1, 0.15) is 39.4 Å². The molecule has 0 saturated heterocycles. The molecule has 170 valence electrons. The second-order valence-corrected chi connectivity index (χ2v) is 10.5. The minimum atomic E-state index is -1.38. The fourth-order valence-corrected chi connectivity index (χ4v) is 6.93. The van der Waals surface area contributed by atoms with E-state index in [1.165, 1.54) is 32.7 Å². The van der Waals surface area contributed by atoms with Gasteiger partial charge in [-0.3, -0.25) is 9.59 Å². The van der Waals surface area contributed by atoms with Crippen molar-refractivity contribution in [3.05, 3.63) is 82.4 Å². The number of fused-ring (bicyclic) bond motifs is 5. The van der Waals surface area contributed by atoms with Crippen LogP contribution in [0.3, 0.4) is 0 Å². The molecule has 0 atom stereocenters. The van der Waals surface area contributed by atoms with Crippen molar-refractivity contribution in [1.82, 2.24) is 9.38 Å². The van der Waals surface area contributed by atoms with E-state index in [0.29, 0.717) is 36.8 Å². The second kappa shape index (κ2) is 7.90. The summed E-state index contributed by atoms with van der Waals surface area (Å²) in [5, 5.41) is 11.9. The fraction of sp³-hybridized carbons (Fsp3) is 0.167. The molecular formula is C24H14ClN2O5S2-. The maximum absolute atomic E-state index is 13.3. The van der Waals surface area contributed by atoms with Gasteiger partial charge < -0.3 is 14.3 Å². The van der Waals surface area contributed by atoms with E-state index in [4.69, 9.17) is 16.0 Å². The number of aromatic carboxylic acids is 1. The molecule has 0 saturated carbocycles. The highest BCUT2D eigenvalue weighted by molar-refractivity contribution is 7.19. The Labute approximate surface area is 204 Å². The molecule has 6 rings (SSSR count). The number of carbonyl (C=O) groups excluding carboxylic acids is 1. The lowest BCUT2D eigenvalue weighted by molar-refractivity contribution is -0.255. The highest BCUT2D eigenvalue weighted by atomic mass is 35.5. The highest BCUT2D eigenvalue weighted by Gasteiger charge is 2.22. The van der Waals surface area contributed by atoms with E-state index < -0.39 is 5.97 Å². The van der Waals surface area contributed by atoms with E-state index >= 15 is 0 Å². The Balaban J connectivity index is 1.48. The number of rotatable bonds is 3. The molecule has 7 nitrogen and oxygen atoms in total. The number of carboxylic acids is 1. The zero-order chi connectivity index (χ0) is 23.6. The first-order valence-electron chi connectivity index (χ1n) is 10.5. The van der Waals surface area contributed by atoms with Gasteiger partial charge in [0.25, 0.3) is 11.1 Å². The number of nitrogens with zero attached hydrogens (tertiary/aromatic N) is 2. The Bertz CT molecular complexity index is 1810. The van der Waals surface area contributed by atoms with Crippen molar-refractivity contribution in [2.75, 3.05) is 0 Å². The van der Waals surface area contributed by atoms with Gasteiger partial charge in [0.2, 0.25) is 4.96 Å². The third-order valence-corrected chi connectivity index (χ3v) is 8.52. The molecule has 0 bridgehead atoms. The molecule has 1 aliphatic carbocycles. The van der Waals surface area contributed by atoms with Crippen LogP contribution in [0.25, 0.3) is 32.6 Å².